The second-order valence-electron chi connectivity index (χ2n) is 8.38. The van der Waals surface area contributed by atoms with Crippen molar-refractivity contribution in [3.05, 3.63) is 93.1 Å². The van der Waals surface area contributed by atoms with Crippen molar-refractivity contribution in [2.45, 2.75) is 27.7 Å². The van der Waals surface area contributed by atoms with Crippen molar-refractivity contribution in [1.29, 1.82) is 0 Å². The minimum atomic E-state index is -0.334. The lowest BCUT2D eigenvalue weighted by Gasteiger charge is -2.13. The molecule has 0 bridgehead atoms. The van der Waals surface area contributed by atoms with Gasteiger partial charge in [-0.2, -0.15) is 0 Å². The fraction of sp³-hybridized carbons (Fsp3) is 0.179. The number of aryl methyl sites for hydroxylation is 3. The summed E-state index contributed by atoms with van der Waals surface area (Å²) < 4.78 is 12.0. The second kappa shape index (κ2) is 9.35. The molecule has 1 amide bonds. The molecular weight excluding hydrogens is 430 g/mol. The van der Waals surface area contributed by atoms with Gasteiger partial charge in [0.2, 0.25) is 17.1 Å². The molecule has 0 aliphatic carbocycles. The van der Waals surface area contributed by atoms with Crippen molar-refractivity contribution < 1.29 is 18.7 Å². The summed E-state index contributed by atoms with van der Waals surface area (Å²) in [4.78, 5) is 37.4. The molecule has 4 rings (SSSR count). The van der Waals surface area contributed by atoms with Crippen LogP contribution < -0.4 is 15.5 Å². The number of fused-ring (bicyclic) bond motifs is 1. The lowest BCUT2D eigenvalue weighted by Crippen LogP contribution is -2.17. The Morgan fingerprint density at radius 3 is 2.24 bits per heavy atom. The molecule has 34 heavy (non-hydrogen) atoms. The predicted octanol–water partition coefficient (Wildman–Crippen LogP) is 5.61. The van der Waals surface area contributed by atoms with Gasteiger partial charge in [0.15, 0.2) is 18.2 Å². The highest BCUT2D eigenvalue weighted by Crippen LogP contribution is 2.32. The molecule has 6 heteroatoms. The Bertz CT molecular complexity index is 1450. The Labute approximate surface area is 197 Å². The van der Waals surface area contributed by atoms with Gasteiger partial charge in [-0.05, 0) is 62.2 Å². The van der Waals surface area contributed by atoms with Crippen LogP contribution in [0.25, 0.3) is 22.3 Å². The molecule has 0 saturated heterocycles. The Hall–Kier alpha value is -4.19. The van der Waals surface area contributed by atoms with E-state index in [4.69, 9.17) is 9.15 Å². The Morgan fingerprint density at radius 1 is 0.912 bits per heavy atom. The van der Waals surface area contributed by atoms with Crippen LogP contribution in [0, 0.1) is 20.8 Å². The Balaban J connectivity index is 1.72. The van der Waals surface area contributed by atoms with E-state index in [1.165, 1.54) is 6.92 Å². The van der Waals surface area contributed by atoms with Crippen molar-refractivity contribution >= 4 is 28.3 Å². The van der Waals surface area contributed by atoms with Crippen molar-refractivity contribution in [2.24, 2.45) is 0 Å². The summed E-state index contributed by atoms with van der Waals surface area (Å²) in [5.41, 5.74) is 4.71. The summed E-state index contributed by atoms with van der Waals surface area (Å²) in [6.45, 7) is 6.86. The number of hydrogen-bond donors (Lipinski definition) is 1. The van der Waals surface area contributed by atoms with Crippen LogP contribution >= 0.6 is 0 Å². The smallest absolute Gasteiger partial charge is 0.235 e. The quantitative estimate of drug-likeness (QED) is 0.382. The first-order valence-electron chi connectivity index (χ1n) is 10.9. The molecule has 0 unspecified atom stereocenters. The van der Waals surface area contributed by atoms with E-state index in [0.717, 1.165) is 16.7 Å². The van der Waals surface area contributed by atoms with Gasteiger partial charge in [-0.1, -0.05) is 35.9 Å². The number of amides is 1. The molecule has 4 aromatic rings. The van der Waals surface area contributed by atoms with E-state index < -0.39 is 0 Å². The van der Waals surface area contributed by atoms with Crippen molar-refractivity contribution in [1.82, 2.24) is 0 Å². The number of ether oxygens (including phenoxy) is 1. The lowest BCUT2D eigenvalue weighted by atomic mass is 10.0. The van der Waals surface area contributed by atoms with E-state index in [9.17, 15) is 14.4 Å². The van der Waals surface area contributed by atoms with Gasteiger partial charge in [-0.25, -0.2) is 0 Å². The molecule has 3 aromatic carbocycles. The largest absolute Gasteiger partial charge is 0.478 e. The normalized spacial score (nSPS) is 10.8. The standard InChI is InChI=1S/C28H25NO5/c1-16-5-7-21(8-6-16)27-28(25(32)23-14-17(2)13-18(3)26(23)34-27)33-15-24(31)20-9-11-22(12-10-20)29-19(4)30/h5-14H,15H2,1-4H3,(H,29,30). The van der Waals surface area contributed by atoms with Gasteiger partial charge in [0.1, 0.15) is 5.58 Å². The van der Waals surface area contributed by atoms with Crippen LogP contribution in [-0.4, -0.2) is 18.3 Å². The zero-order valence-electron chi connectivity index (χ0n) is 19.5. The number of anilines is 1. The molecule has 1 aromatic heterocycles. The summed E-state index contributed by atoms with van der Waals surface area (Å²) in [7, 11) is 0. The maximum atomic E-state index is 13.5. The predicted molar refractivity (Wildman–Crippen MR) is 133 cm³/mol. The average molecular weight is 456 g/mol. The molecular formula is C28H25NO5. The molecule has 0 saturated carbocycles. The molecule has 0 atom stereocenters. The maximum Gasteiger partial charge on any atom is 0.235 e. The third-order valence-electron chi connectivity index (χ3n) is 5.47. The number of hydrogen-bond acceptors (Lipinski definition) is 5. The van der Waals surface area contributed by atoms with Crippen LogP contribution in [0.5, 0.6) is 5.75 Å². The Morgan fingerprint density at radius 2 is 1.59 bits per heavy atom. The number of benzene rings is 3. The zero-order chi connectivity index (χ0) is 24.4. The second-order valence-corrected chi connectivity index (χ2v) is 8.38. The third-order valence-corrected chi connectivity index (χ3v) is 5.47. The number of nitrogens with one attached hydrogen (secondary N) is 1. The zero-order valence-corrected chi connectivity index (χ0v) is 19.5. The SMILES string of the molecule is CC(=O)Nc1ccc(C(=O)COc2c(-c3ccc(C)cc3)oc3c(C)cc(C)cc3c2=O)cc1. The number of carbonyl (C=O) groups is 2. The topological polar surface area (TPSA) is 85.6 Å². The van der Waals surface area contributed by atoms with E-state index in [-0.39, 0.29) is 29.5 Å². The number of Topliss-reactive ketones (excluding diaryl/α,β-unsaturated/α-hetero) is 1. The Kier molecular flexibility index (Phi) is 6.32. The van der Waals surface area contributed by atoms with Gasteiger partial charge in [-0.15, -0.1) is 0 Å². The summed E-state index contributed by atoms with van der Waals surface area (Å²) in [6, 6.07) is 17.8. The van der Waals surface area contributed by atoms with Crippen LogP contribution in [0.3, 0.4) is 0 Å². The summed E-state index contributed by atoms with van der Waals surface area (Å²) in [6.07, 6.45) is 0. The summed E-state index contributed by atoms with van der Waals surface area (Å²) in [5.74, 6) is -0.202. The van der Waals surface area contributed by atoms with Gasteiger partial charge in [0.05, 0.1) is 5.39 Å². The van der Waals surface area contributed by atoms with Gasteiger partial charge in [0.25, 0.3) is 0 Å². The molecule has 0 aliphatic heterocycles. The van der Waals surface area contributed by atoms with Crippen LogP contribution in [-0.2, 0) is 4.79 Å². The van der Waals surface area contributed by atoms with Gasteiger partial charge in [-0.3, -0.25) is 14.4 Å². The first kappa shape index (κ1) is 23.0. The first-order chi connectivity index (χ1) is 16.2. The molecule has 172 valence electrons. The molecule has 6 nitrogen and oxygen atoms in total. The summed E-state index contributed by atoms with van der Waals surface area (Å²) >= 11 is 0. The molecule has 1 heterocycles. The molecule has 0 fully saturated rings. The maximum absolute atomic E-state index is 13.5. The van der Waals surface area contributed by atoms with E-state index in [2.05, 4.69) is 5.32 Å². The number of rotatable bonds is 6. The van der Waals surface area contributed by atoms with E-state index in [1.54, 1.807) is 30.3 Å². The van der Waals surface area contributed by atoms with Crippen LogP contribution in [0.2, 0.25) is 0 Å². The average Bonchev–Trinajstić information content (AvgIpc) is 2.79. The first-order valence-corrected chi connectivity index (χ1v) is 10.9. The number of carbonyl (C=O) groups excluding carboxylic acids is 2. The van der Waals surface area contributed by atoms with E-state index >= 15 is 0 Å². The molecule has 1 N–H and O–H groups in total. The molecule has 0 aliphatic rings. The highest BCUT2D eigenvalue weighted by Gasteiger charge is 2.20. The van der Waals surface area contributed by atoms with Gasteiger partial charge in [0, 0.05) is 23.7 Å². The monoisotopic (exact) mass is 455 g/mol. The van der Waals surface area contributed by atoms with E-state index in [0.29, 0.717) is 33.5 Å². The van der Waals surface area contributed by atoms with Crippen LogP contribution in [0.1, 0.15) is 34.0 Å². The lowest BCUT2D eigenvalue weighted by molar-refractivity contribution is -0.114. The fourth-order valence-corrected chi connectivity index (χ4v) is 3.82. The van der Waals surface area contributed by atoms with Gasteiger partial charge >= 0.3 is 0 Å². The number of ketones is 1. The highest BCUT2D eigenvalue weighted by atomic mass is 16.5. The minimum absolute atomic E-state index is 0.00423. The van der Waals surface area contributed by atoms with Crippen molar-refractivity contribution in [3.63, 3.8) is 0 Å². The molecule has 0 radical (unpaired) electrons. The summed E-state index contributed by atoms with van der Waals surface area (Å²) in [5, 5.41) is 3.07. The third kappa shape index (κ3) is 4.76. The van der Waals surface area contributed by atoms with E-state index in [1.807, 2.05) is 51.1 Å². The van der Waals surface area contributed by atoms with Crippen LogP contribution in [0.15, 0.2) is 69.9 Å². The van der Waals surface area contributed by atoms with Crippen molar-refractivity contribution in [2.75, 3.05) is 11.9 Å². The van der Waals surface area contributed by atoms with Crippen LogP contribution in [0.4, 0.5) is 5.69 Å². The fourth-order valence-electron chi connectivity index (χ4n) is 3.82. The molecule has 0 spiro atoms. The van der Waals surface area contributed by atoms with Crippen molar-refractivity contribution in [3.8, 4) is 17.1 Å². The highest BCUT2D eigenvalue weighted by molar-refractivity contribution is 5.98. The minimum Gasteiger partial charge on any atom is -0.478 e. The van der Waals surface area contributed by atoms with Gasteiger partial charge < -0.3 is 14.5 Å².